The van der Waals surface area contributed by atoms with Gasteiger partial charge < -0.3 is 15.4 Å². The largest absolute Gasteiger partial charge is 0.371 e. The van der Waals surface area contributed by atoms with Crippen molar-refractivity contribution in [2.45, 2.75) is 51.2 Å². The fraction of sp³-hybridized carbons (Fsp3) is 0.650. The van der Waals surface area contributed by atoms with Crippen LogP contribution in [0.1, 0.15) is 49.3 Å². The maximum Gasteiger partial charge on any atom is 0.224 e. The lowest BCUT2D eigenvalue weighted by atomic mass is 9.91. The fourth-order valence-electron chi connectivity index (χ4n) is 4.49. The highest BCUT2D eigenvalue weighted by atomic mass is 16.5. The van der Waals surface area contributed by atoms with E-state index in [4.69, 9.17) is 4.74 Å². The molecule has 0 radical (unpaired) electrons. The molecule has 3 fully saturated rings. The van der Waals surface area contributed by atoms with Crippen molar-refractivity contribution in [2.24, 2.45) is 11.3 Å². The third kappa shape index (κ3) is 3.09. The summed E-state index contributed by atoms with van der Waals surface area (Å²) in [7, 11) is 0. The Morgan fingerprint density at radius 2 is 2.00 bits per heavy atom. The third-order valence-corrected chi connectivity index (χ3v) is 6.16. The molecule has 4 rings (SSSR count). The van der Waals surface area contributed by atoms with Gasteiger partial charge >= 0.3 is 0 Å². The quantitative estimate of drug-likeness (QED) is 0.897. The number of carbonyl (C=O) groups is 1. The van der Waals surface area contributed by atoms with Crippen LogP contribution in [-0.2, 0) is 9.53 Å². The summed E-state index contributed by atoms with van der Waals surface area (Å²) in [4.78, 5) is 12.8. The molecule has 2 aliphatic heterocycles. The molecule has 4 nitrogen and oxygen atoms in total. The minimum atomic E-state index is -0.00831. The number of amides is 1. The van der Waals surface area contributed by atoms with Crippen LogP contribution in [0.3, 0.4) is 0 Å². The molecule has 1 aromatic carbocycles. The number of hydrogen-bond donors (Lipinski definition) is 2. The van der Waals surface area contributed by atoms with Crippen molar-refractivity contribution in [1.82, 2.24) is 10.6 Å². The topological polar surface area (TPSA) is 50.4 Å². The molecule has 130 valence electrons. The van der Waals surface area contributed by atoms with Gasteiger partial charge in [-0.05, 0) is 63.1 Å². The molecule has 1 saturated carbocycles. The highest BCUT2D eigenvalue weighted by molar-refractivity contribution is 5.83. The zero-order valence-electron chi connectivity index (χ0n) is 14.5. The van der Waals surface area contributed by atoms with Crippen molar-refractivity contribution in [3.8, 4) is 0 Å². The van der Waals surface area contributed by atoms with Crippen LogP contribution in [0.15, 0.2) is 24.3 Å². The van der Waals surface area contributed by atoms with Gasteiger partial charge in [-0.1, -0.05) is 29.8 Å². The molecule has 3 atom stereocenters. The summed E-state index contributed by atoms with van der Waals surface area (Å²) in [6.45, 7) is 4.99. The van der Waals surface area contributed by atoms with Crippen molar-refractivity contribution in [2.75, 3.05) is 19.7 Å². The number of carbonyl (C=O) groups excluding carboxylic acids is 1. The molecule has 4 heteroatoms. The normalized spacial score (nSPS) is 31.6. The van der Waals surface area contributed by atoms with Gasteiger partial charge in [-0.15, -0.1) is 0 Å². The molecule has 0 aromatic heterocycles. The first kappa shape index (κ1) is 16.1. The van der Waals surface area contributed by atoms with Crippen molar-refractivity contribution in [3.05, 3.63) is 35.4 Å². The minimum Gasteiger partial charge on any atom is -0.371 e. The number of rotatable bonds is 3. The zero-order valence-corrected chi connectivity index (χ0v) is 14.5. The Bertz CT molecular complexity index is 592. The van der Waals surface area contributed by atoms with E-state index in [1.54, 1.807) is 0 Å². The number of hydrogen-bond acceptors (Lipinski definition) is 3. The highest BCUT2D eigenvalue weighted by Gasteiger charge is 2.57. The Morgan fingerprint density at radius 1 is 1.25 bits per heavy atom. The molecule has 0 bridgehead atoms. The number of nitrogens with one attached hydrogen (secondary N) is 2. The van der Waals surface area contributed by atoms with Crippen LogP contribution < -0.4 is 10.6 Å². The van der Waals surface area contributed by atoms with E-state index < -0.39 is 0 Å². The van der Waals surface area contributed by atoms with Crippen LogP contribution in [0.4, 0.5) is 0 Å². The van der Waals surface area contributed by atoms with Gasteiger partial charge in [0.05, 0.1) is 6.04 Å². The van der Waals surface area contributed by atoms with Gasteiger partial charge in [-0.2, -0.15) is 0 Å². The Balaban J connectivity index is 1.42. The number of aryl methyl sites for hydroxylation is 1. The highest BCUT2D eigenvalue weighted by Crippen LogP contribution is 2.58. The first-order valence-electron chi connectivity index (χ1n) is 9.37. The minimum absolute atomic E-state index is 0.00831. The van der Waals surface area contributed by atoms with E-state index in [1.165, 1.54) is 11.1 Å². The Kier molecular flexibility index (Phi) is 4.35. The second-order valence-electron chi connectivity index (χ2n) is 7.83. The molecule has 3 unspecified atom stereocenters. The lowest BCUT2D eigenvalue weighted by molar-refractivity contribution is -0.126. The first-order chi connectivity index (χ1) is 11.7. The predicted molar refractivity (Wildman–Crippen MR) is 93.7 cm³/mol. The zero-order chi connectivity index (χ0) is 16.6. The SMILES string of the molecule is Cc1ccc(C2OCCCC2NC(=O)C2CC23CCNCC3)cc1. The maximum absolute atomic E-state index is 12.8. The molecule has 3 aliphatic rings. The van der Waals surface area contributed by atoms with E-state index in [0.29, 0.717) is 5.41 Å². The van der Waals surface area contributed by atoms with Crippen molar-refractivity contribution < 1.29 is 9.53 Å². The first-order valence-corrected chi connectivity index (χ1v) is 9.37. The monoisotopic (exact) mass is 328 g/mol. The second-order valence-corrected chi connectivity index (χ2v) is 7.83. The van der Waals surface area contributed by atoms with Crippen molar-refractivity contribution >= 4 is 5.91 Å². The summed E-state index contributed by atoms with van der Waals surface area (Å²) < 4.78 is 6.03. The van der Waals surface area contributed by atoms with Gasteiger partial charge in [-0.25, -0.2) is 0 Å². The van der Waals surface area contributed by atoms with Gasteiger partial charge in [0.15, 0.2) is 0 Å². The van der Waals surface area contributed by atoms with E-state index in [0.717, 1.165) is 51.8 Å². The van der Waals surface area contributed by atoms with Crippen LogP contribution in [0, 0.1) is 18.3 Å². The van der Waals surface area contributed by atoms with Gasteiger partial charge in [0.25, 0.3) is 0 Å². The molecule has 2 saturated heterocycles. The average Bonchev–Trinajstić information content (AvgIpc) is 3.30. The van der Waals surface area contributed by atoms with Crippen LogP contribution in [0.2, 0.25) is 0 Å². The van der Waals surface area contributed by atoms with Crippen LogP contribution >= 0.6 is 0 Å². The van der Waals surface area contributed by atoms with Crippen LogP contribution in [-0.4, -0.2) is 31.6 Å². The fourth-order valence-corrected chi connectivity index (χ4v) is 4.49. The summed E-state index contributed by atoms with van der Waals surface area (Å²) in [5.74, 6) is 0.477. The second kappa shape index (κ2) is 6.49. The maximum atomic E-state index is 12.8. The van der Waals surface area contributed by atoms with Gasteiger partial charge in [0, 0.05) is 12.5 Å². The Labute approximate surface area is 144 Å². The summed E-state index contributed by atoms with van der Waals surface area (Å²) in [5, 5.41) is 6.73. The summed E-state index contributed by atoms with van der Waals surface area (Å²) in [6.07, 6.45) is 5.38. The molecule has 1 amide bonds. The Morgan fingerprint density at radius 3 is 2.75 bits per heavy atom. The Hall–Kier alpha value is -1.39. The standard InChI is InChI=1S/C20H28N2O2/c1-14-4-6-15(7-5-14)18-17(3-2-12-24-18)22-19(23)16-13-20(16)8-10-21-11-9-20/h4-7,16-18,21H,2-3,8-13H2,1H3,(H,22,23). The lowest BCUT2D eigenvalue weighted by Crippen LogP contribution is -2.44. The van der Waals surface area contributed by atoms with Crippen LogP contribution in [0.5, 0.6) is 0 Å². The van der Waals surface area contributed by atoms with Crippen molar-refractivity contribution in [3.63, 3.8) is 0 Å². The van der Waals surface area contributed by atoms with E-state index in [9.17, 15) is 4.79 Å². The van der Waals surface area contributed by atoms with E-state index in [-0.39, 0.29) is 24.0 Å². The molecule has 1 aromatic rings. The molecule has 1 aliphatic carbocycles. The molecular weight excluding hydrogens is 300 g/mol. The van der Waals surface area contributed by atoms with E-state index in [2.05, 4.69) is 41.8 Å². The smallest absolute Gasteiger partial charge is 0.224 e. The summed E-state index contributed by atoms with van der Waals surface area (Å²) in [6, 6.07) is 8.62. The van der Waals surface area contributed by atoms with Gasteiger partial charge in [0.1, 0.15) is 6.10 Å². The van der Waals surface area contributed by atoms with E-state index >= 15 is 0 Å². The molecule has 1 spiro atoms. The number of benzene rings is 1. The number of piperidine rings is 1. The lowest BCUT2D eigenvalue weighted by Gasteiger charge is -2.33. The molecular formula is C20H28N2O2. The molecule has 2 N–H and O–H groups in total. The van der Waals surface area contributed by atoms with Gasteiger partial charge in [-0.3, -0.25) is 4.79 Å². The molecule has 2 heterocycles. The van der Waals surface area contributed by atoms with Crippen molar-refractivity contribution in [1.29, 1.82) is 0 Å². The summed E-state index contributed by atoms with van der Waals surface area (Å²) in [5.41, 5.74) is 2.73. The summed E-state index contributed by atoms with van der Waals surface area (Å²) >= 11 is 0. The van der Waals surface area contributed by atoms with Crippen LogP contribution in [0.25, 0.3) is 0 Å². The van der Waals surface area contributed by atoms with E-state index in [1.807, 2.05) is 0 Å². The van der Waals surface area contributed by atoms with Gasteiger partial charge in [0.2, 0.25) is 5.91 Å². The third-order valence-electron chi connectivity index (χ3n) is 6.16. The molecule has 24 heavy (non-hydrogen) atoms. The average molecular weight is 328 g/mol. The predicted octanol–water partition coefficient (Wildman–Crippen LogP) is 2.72. The number of ether oxygens (including phenoxy) is 1.